The normalized spacial score (nSPS) is 10.4. The van der Waals surface area contributed by atoms with Crippen molar-refractivity contribution in [2.75, 3.05) is 19.8 Å². The third kappa shape index (κ3) is 5.73. The summed E-state index contributed by atoms with van der Waals surface area (Å²) in [6.07, 6.45) is 0.469. The first-order valence-electron chi connectivity index (χ1n) is 7.72. The first-order valence-corrected chi connectivity index (χ1v) is 8.47. The standard InChI is InChI=1S/C18H18Cl2O5/c1-2-23-14-6-4-12(5-7-14)18(22)25-9-3-8-24-17-15(19)10-13(21)11-16(17)20/h4-7,10-11,21H,2-3,8-9H2,1H3. The molecule has 0 aliphatic carbocycles. The van der Waals surface area contributed by atoms with Gasteiger partial charge in [-0.1, -0.05) is 23.2 Å². The molecular weight excluding hydrogens is 367 g/mol. The number of hydrogen-bond donors (Lipinski definition) is 1. The summed E-state index contributed by atoms with van der Waals surface area (Å²) >= 11 is 11.9. The zero-order valence-electron chi connectivity index (χ0n) is 13.6. The predicted octanol–water partition coefficient (Wildman–Crippen LogP) is 4.72. The molecule has 1 N–H and O–H groups in total. The minimum Gasteiger partial charge on any atom is -0.508 e. The summed E-state index contributed by atoms with van der Waals surface area (Å²) in [5, 5.41) is 9.79. The van der Waals surface area contributed by atoms with Crippen LogP contribution in [0.1, 0.15) is 23.7 Å². The van der Waals surface area contributed by atoms with Gasteiger partial charge in [-0.05, 0) is 31.2 Å². The predicted molar refractivity (Wildman–Crippen MR) is 96.1 cm³/mol. The quantitative estimate of drug-likeness (QED) is 0.526. The number of carbonyl (C=O) groups is 1. The maximum atomic E-state index is 11.9. The summed E-state index contributed by atoms with van der Waals surface area (Å²) in [5.74, 6) is 0.546. The number of ether oxygens (including phenoxy) is 3. The summed E-state index contributed by atoms with van der Waals surface area (Å²) in [6.45, 7) is 2.92. The minimum atomic E-state index is -0.413. The molecule has 0 heterocycles. The Hall–Kier alpha value is -2.11. The van der Waals surface area contributed by atoms with Crippen molar-refractivity contribution in [3.05, 3.63) is 52.0 Å². The Morgan fingerprint density at radius 2 is 1.68 bits per heavy atom. The van der Waals surface area contributed by atoms with Gasteiger partial charge in [0.25, 0.3) is 0 Å². The molecule has 0 bridgehead atoms. The van der Waals surface area contributed by atoms with Crippen LogP contribution in [0, 0.1) is 0 Å². The number of phenols is 1. The van der Waals surface area contributed by atoms with Crippen molar-refractivity contribution in [3.8, 4) is 17.2 Å². The second-order valence-corrected chi connectivity index (χ2v) is 5.85. The number of halogens is 2. The van der Waals surface area contributed by atoms with Crippen molar-refractivity contribution in [1.82, 2.24) is 0 Å². The van der Waals surface area contributed by atoms with Gasteiger partial charge in [0.15, 0.2) is 5.75 Å². The van der Waals surface area contributed by atoms with Gasteiger partial charge in [0, 0.05) is 18.6 Å². The summed E-state index contributed by atoms with van der Waals surface area (Å²) in [7, 11) is 0. The van der Waals surface area contributed by atoms with E-state index in [4.69, 9.17) is 37.4 Å². The number of hydrogen-bond acceptors (Lipinski definition) is 5. The number of aromatic hydroxyl groups is 1. The van der Waals surface area contributed by atoms with Crippen molar-refractivity contribution < 1.29 is 24.1 Å². The van der Waals surface area contributed by atoms with E-state index in [0.29, 0.717) is 30.1 Å². The molecule has 0 atom stereocenters. The molecule has 25 heavy (non-hydrogen) atoms. The highest BCUT2D eigenvalue weighted by Crippen LogP contribution is 2.36. The monoisotopic (exact) mass is 384 g/mol. The maximum absolute atomic E-state index is 11.9. The first kappa shape index (κ1) is 19.2. The molecule has 0 aliphatic rings. The van der Waals surface area contributed by atoms with Gasteiger partial charge in [-0.25, -0.2) is 4.79 Å². The SMILES string of the molecule is CCOc1ccc(C(=O)OCCCOc2c(Cl)cc(O)cc2Cl)cc1. The smallest absolute Gasteiger partial charge is 0.338 e. The Bertz CT molecular complexity index is 693. The Kier molecular flexibility index (Phi) is 7.22. The van der Waals surface area contributed by atoms with Gasteiger partial charge in [0.05, 0.1) is 35.4 Å². The highest BCUT2D eigenvalue weighted by Gasteiger charge is 2.10. The van der Waals surface area contributed by atoms with Crippen LogP contribution in [-0.4, -0.2) is 30.9 Å². The lowest BCUT2D eigenvalue weighted by atomic mass is 10.2. The van der Waals surface area contributed by atoms with E-state index in [-0.39, 0.29) is 29.0 Å². The third-order valence-electron chi connectivity index (χ3n) is 3.15. The topological polar surface area (TPSA) is 65.0 Å². The molecule has 2 rings (SSSR count). The third-order valence-corrected chi connectivity index (χ3v) is 3.71. The molecule has 0 saturated heterocycles. The number of esters is 1. The molecular formula is C18H18Cl2O5. The zero-order chi connectivity index (χ0) is 18.2. The maximum Gasteiger partial charge on any atom is 0.338 e. The van der Waals surface area contributed by atoms with E-state index in [0.717, 1.165) is 0 Å². The van der Waals surface area contributed by atoms with Crippen LogP contribution in [0.15, 0.2) is 36.4 Å². The summed E-state index contributed by atoms with van der Waals surface area (Å²) in [5.41, 5.74) is 0.453. The van der Waals surface area contributed by atoms with E-state index in [1.807, 2.05) is 6.92 Å². The average molecular weight is 385 g/mol. The second kappa shape index (κ2) is 9.39. The van der Waals surface area contributed by atoms with Crippen LogP contribution in [0.2, 0.25) is 10.0 Å². The van der Waals surface area contributed by atoms with Crippen LogP contribution in [0.25, 0.3) is 0 Å². The van der Waals surface area contributed by atoms with Gasteiger partial charge in [-0.2, -0.15) is 0 Å². The molecule has 134 valence electrons. The van der Waals surface area contributed by atoms with E-state index < -0.39 is 5.97 Å². The molecule has 0 fully saturated rings. The molecule has 0 aromatic heterocycles. The Balaban J connectivity index is 1.75. The Labute approximate surface area is 156 Å². The Morgan fingerprint density at radius 1 is 1.04 bits per heavy atom. The van der Waals surface area contributed by atoms with E-state index >= 15 is 0 Å². The fourth-order valence-electron chi connectivity index (χ4n) is 2.02. The highest BCUT2D eigenvalue weighted by atomic mass is 35.5. The number of carbonyl (C=O) groups excluding carboxylic acids is 1. The van der Waals surface area contributed by atoms with Gasteiger partial charge in [-0.15, -0.1) is 0 Å². The van der Waals surface area contributed by atoms with E-state index in [9.17, 15) is 9.90 Å². The van der Waals surface area contributed by atoms with Gasteiger partial charge in [0.1, 0.15) is 11.5 Å². The van der Waals surface area contributed by atoms with Gasteiger partial charge in [-0.3, -0.25) is 0 Å². The van der Waals surface area contributed by atoms with Crippen molar-refractivity contribution in [2.24, 2.45) is 0 Å². The summed E-state index contributed by atoms with van der Waals surface area (Å²) in [4.78, 5) is 11.9. The van der Waals surface area contributed by atoms with E-state index in [2.05, 4.69) is 0 Å². The van der Waals surface area contributed by atoms with Crippen LogP contribution in [-0.2, 0) is 4.74 Å². The van der Waals surface area contributed by atoms with Crippen molar-refractivity contribution in [1.29, 1.82) is 0 Å². The highest BCUT2D eigenvalue weighted by molar-refractivity contribution is 6.37. The van der Waals surface area contributed by atoms with Gasteiger partial charge in [0.2, 0.25) is 0 Å². The van der Waals surface area contributed by atoms with Crippen LogP contribution < -0.4 is 9.47 Å². The summed E-state index contributed by atoms with van der Waals surface area (Å²) in [6, 6.07) is 9.43. The number of phenolic OH excluding ortho intramolecular Hbond substituents is 1. The number of rotatable bonds is 8. The average Bonchev–Trinajstić information content (AvgIpc) is 2.57. The van der Waals surface area contributed by atoms with Crippen molar-refractivity contribution in [2.45, 2.75) is 13.3 Å². The van der Waals surface area contributed by atoms with Crippen LogP contribution in [0.4, 0.5) is 0 Å². The van der Waals surface area contributed by atoms with Crippen LogP contribution in [0.3, 0.4) is 0 Å². The van der Waals surface area contributed by atoms with Crippen LogP contribution >= 0.6 is 23.2 Å². The van der Waals surface area contributed by atoms with Crippen LogP contribution in [0.5, 0.6) is 17.2 Å². The fourth-order valence-corrected chi connectivity index (χ4v) is 2.60. The molecule has 0 spiro atoms. The Morgan fingerprint density at radius 3 is 2.28 bits per heavy atom. The second-order valence-electron chi connectivity index (χ2n) is 5.03. The van der Waals surface area contributed by atoms with E-state index in [1.165, 1.54) is 12.1 Å². The van der Waals surface area contributed by atoms with Gasteiger partial charge >= 0.3 is 5.97 Å². The molecule has 0 aliphatic heterocycles. The summed E-state index contributed by atoms with van der Waals surface area (Å²) < 4.78 is 16.0. The molecule has 0 unspecified atom stereocenters. The molecule has 2 aromatic carbocycles. The van der Waals surface area contributed by atoms with Crippen molar-refractivity contribution in [3.63, 3.8) is 0 Å². The van der Waals surface area contributed by atoms with E-state index in [1.54, 1.807) is 24.3 Å². The molecule has 7 heteroatoms. The lowest BCUT2D eigenvalue weighted by Gasteiger charge is -2.10. The molecule has 5 nitrogen and oxygen atoms in total. The minimum absolute atomic E-state index is 0.0355. The lowest BCUT2D eigenvalue weighted by molar-refractivity contribution is 0.0486. The largest absolute Gasteiger partial charge is 0.508 e. The van der Waals surface area contributed by atoms with Crippen molar-refractivity contribution >= 4 is 29.2 Å². The molecule has 0 amide bonds. The van der Waals surface area contributed by atoms with Gasteiger partial charge < -0.3 is 19.3 Å². The fraction of sp³-hybridized carbons (Fsp3) is 0.278. The molecule has 0 radical (unpaired) electrons. The molecule has 2 aromatic rings. The lowest BCUT2D eigenvalue weighted by Crippen LogP contribution is -2.09. The first-order chi connectivity index (χ1) is 12.0. The molecule has 0 saturated carbocycles. The zero-order valence-corrected chi connectivity index (χ0v) is 15.1. The number of benzene rings is 2.